The van der Waals surface area contributed by atoms with Crippen LogP contribution in [0.25, 0.3) is 0 Å². The minimum Gasteiger partial charge on any atom is -1.00 e. The number of nitrogens with zero attached hydrogens (tertiary/aromatic N) is 1. The van der Waals surface area contributed by atoms with E-state index in [-0.39, 0.29) is 56.9 Å². The van der Waals surface area contributed by atoms with Gasteiger partial charge in [0, 0.05) is 0 Å². The third-order valence-corrected chi connectivity index (χ3v) is 4.37. The molecule has 3 N–H and O–H groups in total. The van der Waals surface area contributed by atoms with Crippen molar-refractivity contribution < 1.29 is 63.5 Å². The molecule has 7 heteroatoms. The van der Waals surface area contributed by atoms with E-state index in [1.54, 1.807) is 0 Å². The van der Waals surface area contributed by atoms with Gasteiger partial charge in [-0.25, -0.2) is 0 Å². The Labute approximate surface area is 187 Å². The Bertz CT molecular complexity index is 199. The maximum absolute atomic E-state index is 8.17. The van der Waals surface area contributed by atoms with Gasteiger partial charge in [-0.3, -0.25) is 0 Å². The average molecular weight is 412 g/mol. The number of halogens is 2. The summed E-state index contributed by atoms with van der Waals surface area (Å²) >= 11 is 0. The molecule has 0 atom stereocenters. The van der Waals surface area contributed by atoms with E-state index in [0.717, 1.165) is 0 Å². The second kappa shape index (κ2) is 28.2. The van der Waals surface area contributed by atoms with Crippen LogP contribution < -0.4 is 43.7 Å². The second-order valence-corrected chi connectivity index (χ2v) is 6.67. The van der Waals surface area contributed by atoms with E-state index in [4.69, 9.17) is 15.3 Å². The SMILES string of the molecule is CCCC[N+](CCCC)(CCCC)CCCC.OCC(O)CO.[Cl-].[Cl-].[Li+]. The van der Waals surface area contributed by atoms with Crippen LogP contribution in [-0.2, 0) is 0 Å². The molecule has 0 aromatic heterocycles. The van der Waals surface area contributed by atoms with Crippen molar-refractivity contribution in [2.24, 2.45) is 0 Å². The minimum absolute atomic E-state index is 0. The molecule has 26 heavy (non-hydrogen) atoms. The summed E-state index contributed by atoms with van der Waals surface area (Å²) < 4.78 is 1.42. The summed E-state index contributed by atoms with van der Waals surface area (Å²) in [7, 11) is 0. The fourth-order valence-electron chi connectivity index (χ4n) is 2.70. The van der Waals surface area contributed by atoms with Gasteiger partial charge in [0.1, 0.15) is 6.10 Å². The predicted octanol–water partition coefficient (Wildman–Crippen LogP) is -5.65. The molecule has 0 unspecified atom stereocenters. The summed E-state index contributed by atoms with van der Waals surface area (Å²) in [6, 6.07) is 0. The first-order valence-electron chi connectivity index (χ1n) is 9.80. The topological polar surface area (TPSA) is 60.7 Å². The first kappa shape index (κ1) is 37.7. The summed E-state index contributed by atoms with van der Waals surface area (Å²) in [5.74, 6) is 0. The molecule has 0 saturated carbocycles. The molecular weight excluding hydrogens is 368 g/mol. The first-order chi connectivity index (χ1) is 11.1. The molecule has 4 nitrogen and oxygen atoms in total. The molecule has 0 bridgehead atoms. The molecule has 0 aliphatic heterocycles. The first-order valence-corrected chi connectivity index (χ1v) is 9.80. The van der Waals surface area contributed by atoms with Crippen molar-refractivity contribution in [2.45, 2.75) is 85.2 Å². The van der Waals surface area contributed by atoms with Crippen molar-refractivity contribution >= 4 is 0 Å². The van der Waals surface area contributed by atoms with Crippen LogP contribution in [0.2, 0.25) is 0 Å². The number of hydrogen-bond donors (Lipinski definition) is 3. The van der Waals surface area contributed by atoms with Gasteiger partial charge >= 0.3 is 18.9 Å². The molecule has 0 spiro atoms. The Morgan fingerprint density at radius 3 is 0.962 bits per heavy atom. The number of quaternary nitrogens is 1. The van der Waals surface area contributed by atoms with E-state index in [0.29, 0.717) is 0 Å². The van der Waals surface area contributed by atoms with E-state index in [1.807, 2.05) is 0 Å². The van der Waals surface area contributed by atoms with E-state index in [2.05, 4.69) is 27.7 Å². The van der Waals surface area contributed by atoms with E-state index in [9.17, 15) is 0 Å². The molecule has 0 aliphatic carbocycles. The molecule has 158 valence electrons. The van der Waals surface area contributed by atoms with Gasteiger partial charge in [-0.1, -0.05) is 53.4 Å². The second-order valence-electron chi connectivity index (χ2n) is 6.67. The van der Waals surface area contributed by atoms with E-state index >= 15 is 0 Å². The zero-order chi connectivity index (χ0) is 18.0. The van der Waals surface area contributed by atoms with Crippen LogP contribution in [0.5, 0.6) is 0 Å². The smallest absolute Gasteiger partial charge is 1.00 e. The number of rotatable bonds is 14. The van der Waals surface area contributed by atoms with Gasteiger partial charge in [0.25, 0.3) is 0 Å². The van der Waals surface area contributed by atoms with Crippen LogP contribution in [0.4, 0.5) is 0 Å². The fraction of sp³-hybridized carbons (Fsp3) is 1.00. The number of aliphatic hydroxyl groups is 3. The van der Waals surface area contributed by atoms with Crippen LogP contribution in [0.15, 0.2) is 0 Å². The van der Waals surface area contributed by atoms with Crippen molar-refractivity contribution in [3.8, 4) is 0 Å². The maximum Gasteiger partial charge on any atom is 1.00 e. The van der Waals surface area contributed by atoms with Crippen molar-refractivity contribution in [1.82, 2.24) is 0 Å². The molecule has 0 fully saturated rings. The van der Waals surface area contributed by atoms with Gasteiger partial charge in [-0.05, 0) is 25.7 Å². The molecule has 0 heterocycles. The normalized spacial score (nSPS) is 10.2. The molecular formula is C19H44Cl2LiNO3. The molecule has 0 amide bonds. The third-order valence-electron chi connectivity index (χ3n) is 4.37. The third kappa shape index (κ3) is 23.1. The minimum atomic E-state index is -0.954. The monoisotopic (exact) mass is 411 g/mol. The van der Waals surface area contributed by atoms with Crippen molar-refractivity contribution in [1.29, 1.82) is 0 Å². The average Bonchev–Trinajstić information content (AvgIpc) is 2.60. The van der Waals surface area contributed by atoms with Crippen LogP contribution in [0.3, 0.4) is 0 Å². The van der Waals surface area contributed by atoms with E-state index in [1.165, 1.54) is 82.0 Å². The molecule has 0 rings (SSSR count). The number of unbranched alkanes of at least 4 members (excludes halogenated alkanes) is 4. The molecule has 0 aliphatic rings. The van der Waals surface area contributed by atoms with Gasteiger partial charge in [0.15, 0.2) is 0 Å². The van der Waals surface area contributed by atoms with Crippen molar-refractivity contribution in [3.63, 3.8) is 0 Å². The Hall–Kier alpha value is 1.02. The zero-order valence-electron chi connectivity index (χ0n) is 18.0. The maximum atomic E-state index is 8.17. The van der Waals surface area contributed by atoms with Crippen molar-refractivity contribution in [2.75, 3.05) is 39.4 Å². The predicted molar refractivity (Wildman–Crippen MR) is 99.5 cm³/mol. The van der Waals surface area contributed by atoms with E-state index < -0.39 is 6.10 Å². The largest absolute Gasteiger partial charge is 1.00 e. The van der Waals surface area contributed by atoms with Crippen LogP contribution in [0, 0.1) is 0 Å². The summed E-state index contributed by atoms with van der Waals surface area (Å²) in [4.78, 5) is 0. The molecule has 0 aromatic carbocycles. The quantitative estimate of drug-likeness (QED) is 0.197. The van der Waals surface area contributed by atoms with Crippen LogP contribution in [0.1, 0.15) is 79.1 Å². The summed E-state index contributed by atoms with van der Waals surface area (Å²) in [6.45, 7) is 14.3. The Kier molecular flexibility index (Phi) is 41.0. The Morgan fingerprint density at radius 1 is 0.615 bits per heavy atom. The van der Waals surface area contributed by atoms with Gasteiger partial charge in [0.05, 0.1) is 39.4 Å². The summed E-state index contributed by atoms with van der Waals surface area (Å²) in [6.07, 6.45) is 10.1. The molecule has 0 aromatic rings. The van der Waals surface area contributed by atoms with Gasteiger partial charge in [0.2, 0.25) is 0 Å². The van der Waals surface area contributed by atoms with Crippen LogP contribution >= 0.6 is 0 Å². The standard InChI is InChI=1S/C16H36N.C3H8O3.2ClH.Li/c1-5-9-13-17(14-10-6-2,15-11-7-3)16-12-8-4;4-1-3(6)2-5;;;/h5-16H2,1-4H3;3-6H,1-2H2;2*1H;/q+1;;;;+1/p-2. The summed E-state index contributed by atoms with van der Waals surface area (Å²) in [5.41, 5.74) is 0. The van der Waals surface area contributed by atoms with Crippen LogP contribution in [-0.4, -0.2) is 65.3 Å². The summed E-state index contributed by atoms with van der Waals surface area (Å²) in [5, 5.41) is 24.0. The fourth-order valence-corrected chi connectivity index (χ4v) is 2.70. The van der Waals surface area contributed by atoms with Crippen molar-refractivity contribution in [3.05, 3.63) is 0 Å². The zero-order valence-corrected chi connectivity index (χ0v) is 19.5. The number of hydrogen-bond acceptors (Lipinski definition) is 3. The Balaban J connectivity index is -0.000000142. The molecule has 0 saturated heterocycles. The Morgan fingerprint density at radius 2 is 0.846 bits per heavy atom. The van der Waals surface area contributed by atoms with Gasteiger partial charge in [-0.2, -0.15) is 0 Å². The molecule has 0 radical (unpaired) electrons. The number of aliphatic hydroxyl groups excluding tert-OH is 3. The van der Waals surface area contributed by atoms with Gasteiger partial charge < -0.3 is 44.6 Å². The van der Waals surface area contributed by atoms with Gasteiger partial charge in [-0.15, -0.1) is 0 Å².